The summed E-state index contributed by atoms with van der Waals surface area (Å²) in [6.45, 7) is 2.91. The van der Waals surface area contributed by atoms with Crippen LogP contribution in [-0.4, -0.2) is 28.6 Å². The first-order valence-corrected chi connectivity index (χ1v) is 6.41. The molecular weight excluding hydrogens is 303 g/mol. The Morgan fingerprint density at radius 2 is 2.05 bits per heavy atom. The fourth-order valence-corrected chi connectivity index (χ4v) is 2.33. The number of hydrazine groups is 1. The smallest absolute Gasteiger partial charge is 0.287 e. The fourth-order valence-electron chi connectivity index (χ4n) is 2.33. The van der Waals surface area contributed by atoms with E-state index in [9.17, 15) is 28.1 Å². The van der Waals surface area contributed by atoms with E-state index in [0.717, 1.165) is 23.2 Å². The number of amides is 1. The Hall–Kier alpha value is -2.16. The lowest BCUT2D eigenvalue weighted by molar-refractivity contribution is -0.385. The molecule has 1 aromatic carbocycles. The lowest BCUT2D eigenvalue weighted by atomic mass is 9.93. The molecule has 0 bridgehead atoms. The van der Waals surface area contributed by atoms with Gasteiger partial charge in [-0.3, -0.25) is 20.3 Å². The average molecular weight is 317 g/mol. The van der Waals surface area contributed by atoms with E-state index in [1.54, 1.807) is 0 Å². The second-order valence-corrected chi connectivity index (χ2v) is 5.75. The summed E-state index contributed by atoms with van der Waals surface area (Å²) in [4.78, 5) is 21.7. The first kappa shape index (κ1) is 16.2. The largest absolute Gasteiger partial charge is 0.409 e. The fraction of sp³-hybridized carbons (Fsp3) is 0.462. The molecule has 0 saturated carbocycles. The van der Waals surface area contributed by atoms with E-state index in [2.05, 4.69) is 5.43 Å². The maximum Gasteiger partial charge on any atom is 0.409 e. The van der Waals surface area contributed by atoms with Gasteiger partial charge in [-0.05, 0) is 19.4 Å². The molecule has 1 aromatic rings. The van der Waals surface area contributed by atoms with Crippen LogP contribution in [-0.2, 0) is 4.79 Å². The van der Waals surface area contributed by atoms with Gasteiger partial charge >= 0.3 is 6.18 Å². The standard InChI is InChI=1S/C13H14F3N3O3/c1-12(2)7-18(17-11(12)20)10(13(14,15)16)8-4-3-5-9(6-8)19(21)22/h3-6,10H,7H2,1-2H3,(H,17,20). The molecule has 6 nitrogen and oxygen atoms in total. The van der Waals surface area contributed by atoms with E-state index in [1.807, 2.05) is 0 Å². The van der Waals surface area contributed by atoms with Crippen molar-refractivity contribution in [1.82, 2.24) is 10.4 Å². The van der Waals surface area contributed by atoms with Crippen LogP contribution < -0.4 is 5.43 Å². The summed E-state index contributed by atoms with van der Waals surface area (Å²) in [6.07, 6.45) is -4.69. The minimum atomic E-state index is -4.69. The molecule has 0 spiro atoms. The van der Waals surface area contributed by atoms with Gasteiger partial charge in [0.05, 0.1) is 10.3 Å². The van der Waals surface area contributed by atoms with Crippen molar-refractivity contribution in [2.24, 2.45) is 5.41 Å². The van der Waals surface area contributed by atoms with Crippen LogP contribution in [0.5, 0.6) is 0 Å². The highest BCUT2D eigenvalue weighted by Crippen LogP contribution is 2.41. The van der Waals surface area contributed by atoms with Gasteiger partial charge < -0.3 is 0 Å². The van der Waals surface area contributed by atoms with Gasteiger partial charge in [0.2, 0.25) is 5.91 Å². The van der Waals surface area contributed by atoms with Crippen molar-refractivity contribution in [1.29, 1.82) is 0 Å². The lowest BCUT2D eigenvalue weighted by Gasteiger charge is -2.29. The molecular formula is C13H14F3N3O3. The van der Waals surface area contributed by atoms with Crippen LogP contribution >= 0.6 is 0 Å². The SMILES string of the molecule is CC1(C)CN(C(c2cccc([N+](=O)[O-])c2)C(F)(F)F)NC1=O. The van der Waals surface area contributed by atoms with Crippen LogP contribution in [0.1, 0.15) is 25.5 Å². The van der Waals surface area contributed by atoms with E-state index >= 15 is 0 Å². The van der Waals surface area contributed by atoms with Crippen molar-refractivity contribution >= 4 is 11.6 Å². The second kappa shape index (κ2) is 5.24. The summed E-state index contributed by atoms with van der Waals surface area (Å²) in [6, 6.07) is 2.19. The molecule has 1 atom stereocenters. The number of hydrogen-bond acceptors (Lipinski definition) is 4. The van der Waals surface area contributed by atoms with Crippen molar-refractivity contribution in [3.05, 3.63) is 39.9 Å². The van der Waals surface area contributed by atoms with Crippen LogP contribution in [0.15, 0.2) is 24.3 Å². The van der Waals surface area contributed by atoms with Crippen LogP contribution in [0.3, 0.4) is 0 Å². The topological polar surface area (TPSA) is 75.5 Å². The number of carbonyl (C=O) groups excluding carboxylic acids is 1. The number of hydrogen-bond donors (Lipinski definition) is 1. The Morgan fingerprint density at radius 3 is 2.50 bits per heavy atom. The van der Waals surface area contributed by atoms with Gasteiger partial charge in [-0.1, -0.05) is 12.1 Å². The van der Waals surface area contributed by atoms with Gasteiger partial charge in [-0.25, -0.2) is 5.01 Å². The molecule has 1 amide bonds. The van der Waals surface area contributed by atoms with E-state index in [-0.39, 0.29) is 12.1 Å². The summed E-state index contributed by atoms with van der Waals surface area (Å²) in [7, 11) is 0. The summed E-state index contributed by atoms with van der Waals surface area (Å²) in [5.74, 6) is -0.521. The first-order valence-electron chi connectivity index (χ1n) is 6.41. The van der Waals surface area contributed by atoms with Crippen molar-refractivity contribution in [2.45, 2.75) is 26.1 Å². The zero-order valence-corrected chi connectivity index (χ0v) is 11.8. The highest BCUT2D eigenvalue weighted by molar-refractivity contribution is 5.83. The molecule has 1 aliphatic rings. The van der Waals surface area contributed by atoms with Crippen LogP contribution in [0.4, 0.5) is 18.9 Å². The molecule has 0 aliphatic carbocycles. The second-order valence-electron chi connectivity index (χ2n) is 5.75. The number of non-ortho nitro benzene ring substituents is 1. The first-order chi connectivity index (χ1) is 10.0. The Bertz CT molecular complexity index is 616. The van der Waals surface area contributed by atoms with Gasteiger partial charge in [-0.2, -0.15) is 13.2 Å². The molecule has 1 fully saturated rings. The van der Waals surface area contributed by atoms with Gasteiger partial charge in [0, 0.05) is 18.7 Å². The molecule has 1 saturated heterocycles. The molecule has 1 aliphatic heterocycles. The van der Waals surface area contributed by atoms with Crippen LogP contribution in [0.2, 0.25) is 0 Å². The Kier molecular flexibility index (Phi) is 3.86. The zero-order chi connectivity index (χ0) is 16.7. The van der Waals surface area contributed by atoms with E-state index < -0.39 is 34.2 Å². The molecule has 1 unspecified atom stereocenters. The predicted octanol–water partition coefficient (Wildman–Crippen LogP) is 2.57. The Morgan fingerprint density at radius 1 is 1.41 bits per heavy atom. The zero-order valence-electron chi connectivity index (χ0n) is 11.8. The number of nitro benzene ring substituents is 1. The highest BCUT2D eigenvalue weighted by Gasteiger charge is 2.51. The van der Waals surface area contributed by atoms with Crippen molar-refractivity contribution in [2.75, 3.05) is 6.54 Å². The quantitative estimate of drug-likeness (QED) is 0.687. The number of nitrogens with zero attached hydrogens (tertiary/aromatic N) is 2. The van der Waals surface area contributed by atoms with E-state index in [0.29, 0.717) is 0 Å². The number of nitrogens with one attached hydrogen (secondary N) is 1. The maximum absolute atomic E-state index is 13.4. The molecule has 2 rings (SSSR count). The minimum Gasteiger partial charge on any atom is -0.287 e. The Balaban J connectivity index is 2.43. The summed E-state index contributed by atoms with van der Waals surface area (Å²) in [5.41, 5.74) is 0.509. The maximum atomic E-state index is 13.4. The molecule has 0 aromatic heterocycles. The number of alkyl halides is 3. The number of nitro groups is 1. The van der Waals surface area contributed by atoms with Crippen molar-refractivity contribution in [3.63, 3.8) is 0 Å². The molecule has 22 heavy (non-hydrogen) atoms. The number of carbonyl (C=O) groups is 1. The lowest BCUT2D eigenvalue weighted by Crippen LogP contribution is -2.43. The summed E-state index contributed by atoms with van der Waals surface area (Å²) < 4.78 is 40.2. The predicted molar refractivity (Wildman–Crippen MR) is 70.5 cm³/mol. The van der Waals surface area contributed by atoms with Crippen molar-refractivity contribution in [3.8, 4) is 0 Å². The average Bonchev–Trinajstić information content (AvgIpc) is 2.61. The van der Waals surface area contributed by atoms with E-state index in [1.165, 1.54) is 19.9 Å². The molecule has 0 radical (unpaired) electrons. The van der Waals surface area contributed by atoms with Crippen LogP contribution in [0, 0.1) is 15.5 Å². The third kappa shape index (κ3) is 3.03. The highest BCUT2D eigenvalue weighted by atomic mass is 19.4. The number of benzene rings is 1. The normalized spacial score (nSPS) is 19.8. The monoisotopic (exact) mass is 317 g/mol. The molecule has 1 heterocycles. The molecule has 1 N–H and O–H groups in total. The summed E-state index contributed by atoms with van der Waals surface area (Å²) >= 11 is 0. The number of halogens is 3. The Labute approximate surface area is 124 Å². The molecule has 9 heteroatoms. The van der Waals surface area contributed by atoms with E-state index in [4.69, 9.17) is 0 Å². The minimum absolute atomic E-state index is 0.154. The van der Waals surface area contributed by atoms with Gasteiger partial charge in [0.25, 0.3) is 5.69 Å². The summed E-state index contributed by atoms with van der Waals surface area (Å²) in [5, 5.41) is 11.5. The van der Waals surface area contributed by atoms with Gasteiger partial charge in [0.1, 0.15) is 6.04 Å². The third-order valence-electron chi connectivity index (χ3n) is 3.44. The van der Waals surface area contributed by atoms with Gasteiger partial charge in [-0.15, -0.1) is 0 Å². The number of rotatable bonds is 3. The van der Waals surface area contributed by atoms with Crippen LogP contribution in [0.25, 0.3) is 0 Å². The third-order valence-corrected chi connectivity index (χ3v) is 3.44. The van der Waals surface area contributed by atoms with Gasteiger partial charge in [0.15, 0.2) is 0 Å². The molecule has 120 valence electrons. The van der Waals surface area contributed by atoms with Crippen molar-refractivity contribution < 1.29 is 22.9 Å².